The third-order valence-electron chi connectivity index (χ3n) is 1.23. The minimum absolute atomic E-state index is 0.258. The molecule has 0 aromatic heterocycles. The molecular weight excluding hydrogens is 199 g/mol. The molecule has 0 aromatic rings. The Labute approximate surface area is 77.4 Å². The van der Waals surface area contributed by atoms with E-state index in [1.807, 2.05) is 0 Å². The fraction of sp³-hybridized carbons (Fsp3) is 0.833. The molecule has 0 spiro atoms. The summed E-state index contributed by atoms with van der Waals surface area (Å²) in [6.45, 7) is -0.573. The second kappa shape index (κ2) is 5.65. The van der Waals surface area contributed by atoms with Gasteiger partial charge in [-0.1, -0.05) is 0 Å². The summed E-state index contributed by atoms with van der Waals surface area (Å²) >= 11 is 5.03. The number of carbonyl (C=O) groups is 1. The van der Waals surface area contributed by atoms with Crippen molar-refractivity contribution in [2.75, 3.05) is 27.0 Å². The van der Waals surface area contributed by atoms with E-state index in [2.05, 4.69) is 0 Å². The van der Waals surface area contributed by atoms with Crippen LogP contribution in [0.1, 0.15) is 6.92 Å². The van der Waals surface area contributed by atoms with Gasteiger partial charge in [0, 0.05) is 21.1 Å². The van der Waals surface area contributed by atoms with Crippen molar-refractivity contribution in [3.63, 3.8) is 0 Å². The smallest absolute Gasteiger partial charge is 0.302 e. The lowest BCUT2D eigenvalue weighted by Crippen LogP contribution is -2.06. The molecule has 0 aliphatic heterocycles. The number of hydrogen-bond donors (Lipinski definition) is 0. The molecule has 0 aliphatic rings. The lowest BCUT2D eigenvalue weighted by atomic mass is 10.8. The molecule has 6 heteroatoms. The number of rotatable bonds is 5. The Bertz CT molecular complexity index is 186. The molecule has 12 heavy (non-hydrogen) atoms. The zero-order chi connectivity index (χ0) is 9.61. The lowest BCUT2D eigenvalue weighted by Gasteiger charge is -2.16. The molecule has 0 bridgehead atoms. The van der Waals surface area contributed by atoms with Crippen molar-refractivity contribution in [3.05, 3.63) is 0 Å². The van der Waals surface area contributed by atoms with Gasteiger partial charge in [-0.3, -0.25) is 4.79 Å². The van der Waals surface area contributed by atoms with Gasteiger partial charge < -0.3 is 13.8 Å². The predicted octanol–water partition coefficient (Wildman–Crippen LogP) is 1.15. The van der Waals surface area contributed by atoms with Crippen LogP contribution in [-0.4, -0.2) is 33.0 Å². The van der Waals surface area contributed by atoms with E-state index in [1.165, 1.54) is 21.1 Å². The molecule has 0 aliphatic carbocycles. The van der Waals surface area contributed by atoms with Gasteiger partial charge in [0.1, 0.15) is 6.61 Å². The van der Waals surface area contributed by atoms with Gasteiger partial charge in [-0.05, 0) is 11.8 Å². The topological polar surface area (TPSA) is 44.8 Å². The van der Waals surface area contributed by atoms with Gasteiger partial charge in [-0.2, -0.15) is 0 Å². The summed E-state index contributed by atoms with van der Waals surface area (Å²) in [6.07, 6.45) is 0.453. The Kier molecular flexibility index (Phi) is 5.66. The highest BCUT2D eigenvalue weighted by atomic mass is 32.5. The van der Waals surface area contributed by atoms with E-state index in [0.717, 1.165) is 0 Å². The van der Waals surface area contributed by atoms with Crippen LogP contribution < -0.4 is 0 Å². The molecule has 0 rings (SSSR count). The van der Waals surface area contributed by atoms with Crippen molar-refractivity contribution in [1.82, 2.24) is 0 Å². The van der Waals surface area contributed by atoms with E-state index >= 15 is 0 Å². The zero-order valence-corrected chi connectivity index (χ0v) is 9.11. The largest absolute Gasteiger partial charge is 0.465 e. The molecule has 0 saturated carbocycles. The summed E-state index contributed by atoms with van der Waals surface area (Å²) in [7, 11) is 3.00. The summed E-state index contributed by atoms with van der Waals surface area (Å²) in [5.74, 6) is -0.316. The van der Waals surface area contributed by atoms with Crippen LogP contribution in [0.2, 0.25) is 0 Å². The predicted molar refractivity (Wildman–Crippen MR) is 49.8 cm³/mol. The Morgan fingerprint density at radius 1 is 1.42 bits per heavy atom. The Balaban J connectivity index is 3.74. The zero-order valence-electron chi connectivity index (χ0n) is 7.40. The average Bonchev–Trinajstić information content (AvgIpc) is 2.03. The third kappa shape index (κ3) is 4.83. The van der Waals surface area contributed by atoms with Crippen molar-refractivity contribution in [2.24, 2.45) is 0 Å². The van der Waals surface area contributed by atoms with Crippen LogP contribution in [0.3, 0.4) is 0 Å². The minimum Gasteiger partial charge on any atom is -0.465 e. The highest BCUT2D eigenvalue weighted by molar-refractivity contribution is 8.09. The van der Waals surface area contributed by atoms with Crippen molar-refractivity contribution in [2.45, 2.75) is 6.92 Å². The standard InChI is InChI=1S/C6H13O4PS/c1-6(7)10-4-5-11(12,8-2)9-3/h4-5H2,1-3H3. The van der Waals surface area contributed by atoms with Crippen LogP contribution in [0, 0.1) is 0 Å². The second-order valence-corrected chi connectivity index (χ2v) is 6.11. The summed E-state index contributed by atoms with van der Waals surface area (Å²) in [4.78, 5) is 10.4. The molecule has 0 aromatic carbocycles. The van der Waals surface area contributed by atoms with E-state index in [4.69, 9.17) is 25.6 Å². The van der Waals surface area contributed by atoms with Crippen LogP contribution in [0.25, 0.3) is 0 Å². The lowest BCUT2D eigenvalue weighted by molar-refractivity contribution is -0.140. The molecular formula is C6H13O4PS. The molecule has 0 saturated heterocycles. The molecule has 4 nitrogen and oxygen atoms in total. The molecule has 0 N–H and O–H groups in total. The molecule has 0 radical (unpaired) electrons. The Morgan fingerprint density at radius 2 is 1.92 bits per heavy atom. The van der Waals surface area contributed by atoms with E-state index in [-0.39, 0.29) is 12.6 Å². The summed E-state index contributed by atoms with van der Waals surface area (Å²) in [5, 5.41) is 0. The van der Waals surface area contributed by atoms with Crippen molar-refractivity contribution >= 4 is 24.3 Å². The first kappa shape index (κ1) is 12.0. The number of hydrogen-bond acceptors (Lipinski definition) is 5. The van der Waals surface area contributed by atoms with E-state index in [9.17, 15) is 4.79 Å². The summed E-state index contributed by atoms with van der Waals surface area (Å²) < 4.78 is 14.7. The molecule has 0 amide bonds. The Hall–Kier alpha value is 0.0400. The fourth-order valence-corrected chi connectivity index (χ4v) is 1.61. The first-order chi connectivity index (χ1) is 5.54. The molecule has 0 fully saturated rings. The SMILES string of the molecule is COP(=S)(CCOC(C)=O)OC. The maximum Gasteiger partial charge on any atom is 0.302 e. The fourth-order valence-electron chi connectivity index (χ4n) is 0.558. The van der Waals surface area contributed by atoms with E-state index in [1.54, 1.807) is 0 Å². The van der Waals surface area contributed by atoms with Crippen LogP contribution in [0.5, 0.6) is 0 Å². The summed E-state index contributed by atoms with van der Waals surface area (Å²) in [5.41, 5.74) is 0. The van der Waals surface area contributed by atoms with Crippen molar-refractivity contribution in [1.29, 1.82) is 0 Å². The van der Waals surface area contributed by atoms with Gasteiger partial charge in [-0.25, -0.2) is 0 Å². The van der Waals surface area contributed by atoms with Gasteiger partial charge >= 0.3 is 5.97 Å². The van der Waals surface area contributed by atoms with Crippen molar-refractivity contribution in [3.8, 4) is 0 Å². The number of carbonyl (C=O) groups excluding carboxylic acids is 1. The second-order valence-electron chi connectivity index (χ2n) is 2.04. The first-order valence-electron chi connectivity index (χ1n) is 3.38. The van der Waals surface area contributed by atoms with Crippen LogP contribution in [0.4, 0.5) is 0 Å². The summed E-state index contributed by atoms with van der Waals surface area (Å²) in [6, 6.07) is 0. The molecule has 72 valence electrons. The highest BCUT2D eigenvalue weighted by Crippen LogP contribution is 2.46. The maximum atomic E-state index is 10.4. The first-order valence-corrected chi connectivity index (χ1v) is 6.20. The van der Waals surface area contributed by atoms with E-state index in [0.29, 0.717) is 6.16 Å². The van der Waals surface area contributed by atoms with Gasteiger partial charge in [-0.15, -0.1) is 0 Å². The Morgan fingerprint density at radius 3 is 2.25 bits per heavy atom. The average molecular weight is 212 g/mol. The monoisotopic (exact) mass is 212 g/mol. The molecule has 0 atom stereocenters. The quantitative estimate of drug-likeness (QED) is 0.505. The van der Waals surface area contributed by atoms with Crippen LogP contribution >= 0.6 is 6.49 Å². The van der Waals surface area contributed by atoms with Gasteiger partial charge in [0.2, 0.25) is 0 Å². The molecule has 0 unspecified atom stereocenters. The normalized spacial score (nSPS) is 11.2. The minimum atomic E-state index is -2.18. The van der Waals surface area contributed by atoms with Crippen molar-refractivity contribution < 1.29 is 18.6 Å². The van der Waals surface area contributed by atoms with Crippen LogP contribution in [0.15, 0.2) is 0 Å². The van der Waals surface area contributed by atoms with Gasteiger partial charge in [0.25, 0.3) is 0 Å². The highest BCUT2D eigenvalue weighted by Gasteiger charge is 2.14. The number of esters is 1. The van der Waals surface area contributed by atoms with Gasteiger partial charge in [0.05, 0.1) is 6.16 Å². The molecule has 0 heterocycles. The van der Waals surface area contributed by atoms with Crippen LogP contribution in [-0.2, 0) is 30.4 Å². The maximum absolute atomic E-state index is 10.4. The third-order valence-corrected chi connectivity index (χ3v) is 4.51. The van der Waals surface area contributed by atoms with E-state index < -0.39 is 6.49 Å². The van der Waals surface area contributed by atoms with Gasteiger partial charge in [0.15, 0.2) is 6.49 Å². The number of ether oxygens (including phenoxy) is 1.